The molecule has 0 radical (unpaired) electrons. The maximum absolute atomic E-state index is 13.0. The largest absolute Gasteiger partial charge is 0.444 e. The smallest absolute Gasteiger partial charge is 0.408 e. The molecule has 0 fully saturated rings. The molecule has 0 bridgehead atoms. The molecule has 0 unspecified atom stereocenters. The molecule has 0 aliphatic rings. The molecule has 1 aromatic rings. The molecule has 0 saturated heterocycles. The molecular formula is C21H35N3O3. The Labute approximate surface area is 163 Å². The topological polar surface area (TPSA) is 61.9 Å². The van der Waals surface area contributed by atoms with Crippen LogP contribution in [0.3, 0.4) is 0 Å². The third-order valence-corrected chi connectivity index (χ3v) is 3.91. The van der Waals surface area contributed by atoms with Gasteiger partial charge < -0.3 is 19.9 Å². The van der Waals surface area contributed by atoms with Crippen LogP contribution >= 0.6 is 0 Å². The second-order valence-electron chi connectivity index (χ2n) is 8.63. The first kappa shape index (κ1) is 23.0. The van der Waals surface area contributed by atoms with Gasteiger partial charge in [0.2, 0.25) is 5.91 Å². The van der Waals surface area contributed by atoms with Crippen molar-refractivity contribution in [2.45, 2.75) is 65.8 Å². The Kier molecular flexibility index (Phi) is 7.84. The van der Waals surface area contributed by atoms with E-state index in [0.717, 1.165) is 12.1 Å². The Morgan fingerprint density at radius 2 is 1.44 bits per heavy atom. The van der Waals surface area contributed by atoms with E-state index in [9.17, 15) is 9.59 Å². The molecule has 0 aliphatic heterocycles. The van der Waals surface area contributed by atoms with Crippen LogP contribution in [0.15, 0.2) is 24.3 Å². The van der Waals surface area contributed by atoms with Crippen molar-refractivity contribution >= 4 is 12.0 Å². The molecule has 6 heteroatoms. The quantitative estimate of drug-likeness (QED) is 0.791. The normalized spacial score (nSPS) is 12.0. The Balaban J connectivity index is 2.78. The summed E-state index contributed by atoms with van der Waals surface area (Å²) < 4.78 is 5.28. The molecule has 1 rings (SSSR count). The zero-order valence-electron chi connectivity index (χ0n) is 18.0. The van der Waals surface area contributed by atoms with E-state index >= 15 is 0 Å². The highest BCUT2D eigenvalue weighted by Crippen LogP contribution is 2.15. The summed E-state index contributed by atoms with van der Waals surface area (Å²) in [4.78, 5) is 28.9. The Hall–Kier alpha value is -2.08. The molecule has 0 saturated carbocycles. The van der Waals surface area contributed by atoms with E-state index < -0.39 is 17.2 Å². The fourth-order valence-corrected chi connectivity index (χ4v) is 2.67. The molecule has 0 heterocycles. The van der Waals surface area contributed by atoms with Gasteiger partial charge in [0.15, 0.2) is 0 Å². The average Bonchev–Trinajstić information content (AvgIpc) is 2.50. The SMILES string of the molecule is CCN(Cc1ccc(CN(C)C)cc1)C(=O)C(C)(C)NC(=O)OC(C)(C)C. The van der Waals surface area contributed by atoms with Crippen LogP contribution in [0, 0.1) is 0 Å². The lowest BCUT2D eigenvalue weighted by Gasteiger charge is -2.33. The third-order valence-electron chi connectivity index (χ3n) is 3.91. The summed E-state index contributed by atoms with van der Waals surface area (Å²) >= 11 is 0. The minimum absolute atomic E-state index is 0.145. The number of ether oxygens (including phenoxy) is 1. The third kappa shape index (κ3) is 7.99. The van der Waals surface area contributed by atoms with Crippen LogP contribution in [0.1, 0.15) is 52.7 Å². The zero-order chi connectivity index (χ0) is 20.8. The maximum Gasteiger partial charge on any atom is 0.408 e. The minimum atomic E-state index is -1.05. The van der Waals surface area contributed by atoms with Crippen LogP contribution in [-0.4, -0.2) is 53.6 Å². The van der Waals surface area contributed by atoms with Gasteiger partial charge in [-0.25, -0.2) is 4.79 Å². The van der Waals surface area contributed by atoms with Crippen molar-refractivity contribution in [2.24, 2.45) is 0 Å². The van der Waals surface area contributed by atoms with E-state index in [1.807, 2.05) is 33.2 Å². The van der Waals surface area contributed by atoms with Gasteiger partial charge in [-0.15, -0.1) is 0 Å². The number of nitrogens with zero attached hydrogens (tertiary/aromatic N) is 2. The summed E-state index contributed by atoms with van der Waals surface area (Å²) in [6.07, 6.45) is -0.593. The first-order valence-corrected chi connectivity index (χ1v) is 9.37. The van der Waals surface area contributed by atoms with Crippen molar-refractivity contribution in [3.63, 3.8) is 0 Å². The lowest BCUT2D eigenvalue weighted by Crippen LogP contribution is -2.56. The highest BCUT2D eigenvalue weighted by molar-refractivity contribution is 5.89. The molecular weight excluding hydrogens is 342 g/mol. The molecule has 0 aromatic heterocycles. The molecule has 0 aliphatic carbocycles. The number of carbonyl (C=O) groups is 2. The van der Waals surface area contributed by atoms with E-state index in [1.54, 1.807) is 39.5 Å². The molecule has 0 atom stereocenters. The molecule has 1 aromatic carbocycles. The average molecular weight is 378 g/mol. The molecule has 1 N–H and O–H groups in total. The fraction of sp³-hybridized carbons (Fsp3) is 0.619. The summed E-state index contributed by atoms with van der Waals surface area (Å²) in [5.74, 6) is -0.145. The van der Waals surface area contributed by atoms with Crippen molar-refractivity contribution in [1.82, 2.24) is 15.1 Å². The predicted molar refractivity (Wildman–Crippen MR) is 108 cm³/mol. The molecule has 2 amide bonds. The van der Waals surface area contributed by atoms with Gasteiger partial charge in [0, 0.05) is 19.6 Å². The monoisotopic (exact) mass is 377 g/mol. The van der Waals surface area contributed by atoms with Crippen molar-refractivity contribution < 1.29 is 14.3 Å². The molecule has 27 heavy (non-hydrogen) atoms. The van der Waals surface area contributed by atoms with Crippen LogP contribution in [0.2, 0.25) is 0 Å². The number of carbonyl (C=O) groups excluding carboxylic acids is 2. The Morgan fingerprint density at radius 3 is 1.85 bits per heavy atom. The van der Waals surface area contributed by atoms with Gasteiger partial charge in [0.1, 0.15) is 11.1 Å². The van der Waals surface area contributed by atoms with Gasteiger partial charge in [-0.2, -0.15) is 0 Å². The fourth-order valence-electron chi connectivity index (χ4n) is 2.67. The lowest BCUT2D eigenvalue weighted by molar-refractivity contribution is -0.137. The number of amides is 2. The van der Waals surface area contributed by atoms with Gasteiger partial charge in [-0.1, -0.05) is 24.3 Å². The van der Waals surface area contributed by atoms with Crippen molar-refractivity contribution in [3.05, 3.63) is 35.4 Å². The Bertz CT molecular complexity index is 631. The minimum Gasteiger partial charge on any atom is -0.444 e. The second kappa shape index (κ2) is 9.22. The van der Waals surface area contributed by atoms with Crippen molar-refractivity contribution in [2.75, 3.05) is 20.6 Å². The van der Waals surface area contributed by atoms with Gasteiger partial charge in [-0.3, -0.25) is 4.79 Å². The highest BCUT2D eigenvalue weighted by atomic mass is 16.6. The molecule has 0 spiro atoms. The van der Waals surface area contributed by atoms with E-state index in [0.29, 0.717) is 13.1 Å². The number of rotatable bonds is 7. The van der Waals surface area contributed by atoms with Gasteiger partial charge in [0.25, 0.3) is 0 Å². The first-order valence-electron chi connectivity index (χ1n) is 9.37. The van der Waals surface area contributed by atoms with Crippen LogP contribution in [0.25, 0.3) is 0 Å². The zero-order valence-corrected chi connectivity index (χ0v) is 18.0. The summed E-state index contributed by atoms with van der Waals surface area (Å²) in [7, 11) is 4.07. The van der Waals surface area contributed by atoms with E-state index in [2.05, 4.69) is 22.3 Å². The van der Waals surface area contributed by atoms with Gasteiger partial charge in [0.05, 0.1) is 0 Å². The summed E-state index contributed by atoms with van der Waals surface area (Å²) in [6, 6.07) is 8.25. The number of hydrogen-bond acceptors (Lipinski definition) is 4. The van der Waals surface area contributed by atoms with Gasteiger partial charge >= 0.3 is 6.09 Å². The van der Waals surface area contributed by atoms with Crippen LogP contribution in [0.4, 0.5) is 4.79 Å². The van der Waals surface area contributed by atoms with Crippen LogP contribution in [-0.2, 0) is 22.6 Å². The summed E-state index contributed by atoms with van der Waals surface area (Å²) in [6.45, 7) is 12.6. The number of benzene rings is 1. The van der Waals surface area contributed by atoms with E-state index in [1.165, 1.54) is 5.56 Å². The first-order chi connectivity index (χ1) is 12.3. The van der Waals surface area contributed by atoms with Crippen molar-refractivity contribution in [3.8, 4) is 0 Å². The van der Waals surface area contributed by atoms with Gasteiger partial charge in [-0.05, 0) is 66.8 Å². The van der Waals surface area contributed by atoms with Crippen LogP contribution in [0.5, 0.6) is 0 Å². The van der Waals surface area contributed by atoms with E-state index in [-0.39, 0.29) is 5.91 Å². The predicted octanol–water partition coefficient (Wildman–Crippen LogP) is 3.40. The summed E-state index contributed by atoms with van der Waals surface area (Å²) in [5.41, 5.74) is 0.622. The molecule has 6 nitrogen and oxygen atoms in total. The highest BCUT2D eigenvalue weighted by Gasteiger charge is 2.34. The number of hydrogen-bond donors (Lipinski definition) is 1. The van der Waals surface area contributed by atoms with Crippen LogP contribution < -0.4 is 5.32 Å². The number of alkyl carbamates (subject to hydrolysis) is 1. The van der Waals surface area contributed by atoms with Crippen molar-refractivity contribution in [1.29, 1.82) is 0 Å². The van der Waals surface area contributed by atoms with E-state index in [4.69, 9.17) is 4.74 Å². The summed E-state index contributed by atoms with van der Waals surface area (Å²) in [5, 5.41) is 2.69. The lowest BCUT2D eigenvalue weighted by atomic mass is 10.0. The second-order valence-corrected chi connectivity index (χ2v) is 8.63. The standard InChI is InChI=1S/C21H35N3O3/c1-9-24(15-17-12-10-16(11-13-17)14-23(7)8)18(25)21(5,6)22-19(26)27-20(2,3)4/h10-13H,9,14-15H2,1-8H3,(H,22,26). The number of likely N-dealkylation sites (N-methyl/N-ethyl adjacent to an activating group) is 1. The molecule has 152 valence electrons. The number of nitrogens with one attached hydrogen (secondary N) is 1. The maximum atomic E-state index is 13.0. The Morgan fingerprint density at radius 1 is 0.963 bits per heavy atom.